The Morgan fingerprint density at radius 2 is 2.12 bits per heavy atom. The van der Waals surface area contributed by atoms with Crippen LogP contribution in [0.2, 0.25) is 0 Å². The van der Waals surface area contributed by atoms with E-state index in [-0.39, 0.29) is 12.1 Å². The molecule has 1 aromatic heterocycles. The standard InChI is InChI=1S/C20H23N3O3/c1-4-23(5-2)17-9-8-15(19(12-17)25-3)11-16(13-21)20(24)22-14-18-7-6-10-26-18/h6-12H,4-5,14H2,1-3H3,(H,22,24). The fourth-order valence-electron chi connectivity index (χ4n) is 2.58. The molecule has 1 N–H and O–H groups in total. The van der Waals surface area contributed by atoms with E-state index in [0.29, 0.717) is 17.1 Å². The lowest BCUT2D eigenvalue weighted by Gasteiger charge is -2.22. The second kappa shape index (κ2) is 9.33. The molecule has 0 saturated heterocycles. The van der Waals surface area contributed by atoms with Crippen LogP contribution in [-0.4, -0.2) is 26.1 Å². The van der Waals surface area contributed by atoms with E-state index >= 15 is 0 Å². The number of furan rings is 1. The monoisotopic (exact) mass is 353 g/mol. The molecule has 0 saturated carbocycles. The maximum atomic E-state index is 12.2. The second-order valence-electron chi connectivity index (χ2n) is 5.53. The maximum Gasteiger partial charge on any atom is 0.262 e. The molecule has 6 heteroatoms. The summed E-state index contributed by atoms with van der Waals surface area (Å²) < 4.78 is 10.6. The van der Waals surface area contributed by atoms with Gasteiger partial charge in [-0.3, -0.25) is 4.79 Å². The summed E-state index contributed by atoms with van der Waals surface area (Å²) >= 11 is 0. The van der Waals surface area contributed by atoms with Gasteiger partial charge in [-0.05, 0) is 44.2 Å². The molecular weight excluding hydrogens is 330 g/mol. The minimum atomic E-state index is -0.459. The number of anilines is 1. The van der Waals surface area contributed by atoms with Crippen molar-refractivity contribution in [3.63, 3.8) is 0 Å². The highest BCUT2D eigenvalue weighted by molar-refractivity contribution is 6.02. The molecule has 2 rings (SSSR count). The first-order valence-electron chi connectivity index (χ1n) is 8.48. The van der Waals surface area contributed by atoms with E-state index in [1.165, 1.54) is 12.3 Å². The van der Waals surface area contributed by atoms with E-state index in [2.05, 4.69) is 24.1 Å². The average molecular weight is 353 g/mol. The lowest BCUT2D eigenvalue weighted by molar-refractivity contribution is -0.117. The first-order chi connectivity index (χ1) is 12.6. The molecule has 2 aromatic rings. The lowest BCUT2D eigenvalue weighted by atomic mass is 10.1. The number of carbonyl (C=O) groups excluding carboxylic acids is 1. The number of ether oxygens (including phenoxy) is 1. The number of hydrogen-bond acceptors (Lipinski definition) is 5. The van der Waals surface area contributed by atoms with Crippen LogP contribution in [0.4, 0.5) is 5.69 Å². The van der Waals surface area contributed by atoms with Gasteiger partial charge in [0.1, 0.15) is 23.2 Å². The van der Waals surface area contributed by atoms with Gasteiger partial charge in [-0.15, -0.1) is 0 Å². The van der Waals surface area contributed by atoms with Crippen LogP contribution in [0.5, 0.6) is 5.75 Å². The first kappa shape index (κ1) is 19.1. The summed E-state index contributed by atoms with van der Waals surface area (Å²) in [5, 5.41) is 12.0. The number of nitrogens with one attached hydrogen (secondary N) is 1. The molecule has 0 spiro atoms. The van der Waals surface area contributed by atoms with Gasteiger partial charge in [0.25, 0.3) is 5.91 Å². The van der Waals surface area contributed by atoms with Crippen LogP contribution in [-0.2, 0) is 11.3 Å². The van der Waals surface area contributed by atoms with Crippen molar-refractivity contribution in [3.05, 3.63) is 53.5 Å². The number of amides is 1. The van der Waals surface area contributed by atoms with Crippen LogP contribution in [0.1, 0.15) is 25.2 Å². The van der Waals surface area contributed by atoms with E-state index in [1.54, 1.807) is 19.2 Å². The summed E-state index contributed by atoms with van der Waals surface area (Å²) in [4.78, 5) is 14.4. The van der Waals surface area contributed by atoms with E-state index in [0.717, 1.165) is 18.8 Å². The summed E-state index contributed by atoms with van der Waals surface area (Å²) in [5.41, 5.74) is 1.71. The molecule has 0 atom stereocenters. The topological polar surface area (TPSA) is 78.5 Å². The molecule has 1 amide bonds. The van der Waals surface area contributed by atoms with Crippen LogP contribution in [0.3, 0.4) is 0 Å². The van der Waals surface area contributed by atoms with Crippen molar-refractivity contribution in [2.45, 2.75) is 20.4 Å². The molecule has 6 nitrogen and oxygen atoms in total. The van der Waals surface area contributed by atoms with E-state index in [4.69, 9.17) is 9.15 Å². The Kier molecular flexibility index (Phi) is 6.86. The van der Waals surface area contributed by atoms with Gasteiger partial charge in [0, 0.05) is 30.4 Å². The molecule has 136 valence electrons. The van der Waals surface area contributed by atoms with E-state index in [1.807, 2.05) is 24.3 Å². The van der Waals surface area contributed by atoms with Gasteiger partial charge < -0.3 is 19.4 Å². The Hall–Kier alpha value is -3.20. The van der Waals surface area contributed by atoms with Gasteiger partial charge in [-0.2, -0.15) is 5.26 Å². The number of carbonyl (C=O) groups is 1. The van der Waals surface area contributed by atoms with Gasteiger partial charge in [0.2, 0.25) is 0 Å². The predicted molar refractivity (Wildman–Crippen MR) is 101 cm³/mol. The SMILES string of the molecule is CCN(CC)c1ccc(C=C(C#N)C(=O)NCc2ccco2)c(OC)c1. The Bertz CT molecular complexity index is 800. The van der Waals surface area contributed by atoms with E-state index < -0.39 is 5.91 Å². The maximum absolute atomic E-state index is 12.2. The third-order valence-electron chi connectivity index (χ3n) is 4.01. The molecule has 0 bridgehead atoms. The van der Waals surface area contributed by atoms with Crippen molar-refractivity contribution < 1.29 is 13.9 Å². The first-order valence-corrected chi connectivity index (χ1v) is 8.48. The minimum absolute atomic E-state index is 0.00504. The van der Waals surface area contributed by atoms with Gasteiger partial charge in [0.05, 0.1) is 19.9 Å². The molecule has 0 aliphatic carbocycles. The Balaban J connectivity index is 2.21. The summed E-state index contributed by atoms with van der Waals surface area (Å²) in [7, 11) is 1.57. The van der Waals surface area contributed by atoms with Crippen LogP contribution in [0, 0.1) is 11.3 Å². The molecule has 0 aliphatic rings. The fraction of sp³-hybridized carbons (Fsp3) is 0.300. The Morgan fingerprint density at radius 1 is 1.35 bits per heavy atom. The van der Waals surface area contributed by atoms with Crippen LogP contribution < -0.4 is 15.0 Å². The highest BCUT2D eigenvalue weighted by Gasteiger charge is 2.12. The van der Waals surface area contributed by atoms with Gasteiger partial charge in [0.15, 0.2) is 0 Å². The van der Waals surface area contributed by atoms with Crippen LogP contribution in [0.25, 0.3) is 6.08 Å². The molecule has 1 heterocycles. The number of methoxy groups -OCH3 is 1. The third-order valence-corrected chi connectivity index (χ3v) is 4.01. The second-order valence-corrected chi connectivity index (χ2v) is 5.53. The zero-order chi connectivity index (χ0) is 18.9. The molecule has 0 aliphatic heterocycles. The molecule has 0 radical (unpaired) electrons. The van der Waals surface area contributed by atoms with Crippen LogP contribution in [0.15, 0.2) is 46.6 Å². The van der Waals surface area contributed by atoms with Crippen molar-refractivity contribution in [1.82, 2.24) is 5.32 Å². The summed E-state index contributed by atoms with van der Waals surface area (Å²) in [6, 6.07) is 11.2. The van der Waals surface area contributed by atoms with Crippen molar-refractivity contribution in [3.8, 4) is 11.8 Å². The smallest absolute Gasteiger partial charge is 0.262 e. The summed E-state index contributed by atoms with van der Waals surface area (Å²) in [5.74, 6) is 0.775. The quantitative estimate of drug-likeness (QED) is 0.581. The molecule has 0 fully saturated rings. The minimum Gasteiger partial charge on any atom is -0.496 e. The zero-order valence-electron chi connectivity index (χ0n) is 15.3. The van der Waals surface area contributed by atoms with Crippen molar-refractivity contribution in [1.29, 1.82) is 5.26 Å². The molecule has 0 unspecified atom stereocenters. The van der Waals surface area contributed by atoms with E-state index in [9.17, 15) is 10.1 Å². The summed E-state index contributed by atoms with van der Waals surface area (Å²) in [6.45, 7) is 6.16. The van der Waals surface area contributed by atoms with Gasteiger partial charge >= 0.3 is 0 Å². The predicted octanol–water partition coefficient (Wildman–Crippen LogP) is 3.36. The third kappa shape index (κ3) is 4.67. The van der Waals surface area contributed by atoms with Crippen molar-refractivity contribution >= 4 is 17.7 Å². The van der Waals surface area contributed by atoms with Gasteiger partial charge in [-0.25, -0.2) is 0 Å². The summed E-state index contributed by atoms with van der Waals surface area (Å²) in [6.07, 6.45) is 3.06. The normalized spacial score (nSPS) is 10.9. The molecule has 26 heavy (non-hydrogen) atoms. The number of nitrogens with zero attached hydrogens (tertiary/aromatic N) is 2. The number of rotatable bonds is 8. The largest absolute Gasteiger partial charge is 0.496 e. The Labute approximate surface area is 153 Å². The number of hydrogen-bond donors (Lipinski definition) is 1. The Morgan fingerprint density at radius 3 is 2.69 bits per heavy atom. The lowest BCUT2D eigenvalue weighted by Crippen LogP contribution is -2.23. The average Bonchev–Trinajstić information content (AvgIpc) is 3.19. The van der Waals surface area contributed by atoms with Crippen molar-refractivity contribution in [2.24, 2.45) is 0 Å². The van der Waals surface area contributed by atoms with Crippen LogP contribution >= 0.6 is 0 Å². The number of benzene rings is 1. The molecule has 1 aromatic carbocycles. The zero-order valence-corrected chi connectivity index (χ0v) is 15.3. The fourth-order valence-corrected chi connectivity index (χ4v) is 2.58. The molecular formula is C20H23N3O3. The highest BCUT2D eigenvalue weighted by atomic mass is 16.5. The van der Waals surface area contributed by atoms with Gasteiger partial charge in [-0.1, -0.05) is 0 Å². The number of nitriles is 1. The highest BCUT2D eigenvalue weighted by Crippen LogP contribution is 2.27. The van der Waals surface area contributed by atoms with Crippen molar-refractivity contribution in [2.75, 3.05) is 25.1 Å².